The molecule has 1 saturated carbocycles. The van der Waals surface area contributed by atoms with Crippen molar-refractivity contribution in [2.45, 2.75) is 37.3 Å². The lowest BCUT2D eigenvalue weighted by atomic mass is 9.69. The molecule has 2 aromatic rings. The van der Waals surface area contributed by atoms with Gasteiger partial charge in [-0.15, -0.1) is 0 Å². The molecular weight excluding hydrogens is 333 g/mol. The van der Waals surface area contributed by atoms with Crippen LogP contribution in [0.1, 0.15) is 31.7 Å². The van der Waals surface area contributed by atoms with E-state index in [1.807, 2.05) is 18.2 Å². The number of benzene rings is 1. The molecule has 1 aliphatic carbocycles. The summed E-state index contributed by atoms with van der Waals surface area (Å²) in [6.07, 6.45) is 4.51. The smallest absolute Gasteiger partial charge is 0.283 e. The SMILES string of the molecule is CC12CCCC1[C@@]1(COC(N)=N1)c1cc(-c3cccnc3F)ccc1O2. The van der Waals surface area contributed by atoms with Crippen LogP contribution in [0.15, 0.2) is 41.5 Å². The summed E-state index contributed by atoms with van der Waals surface area (Å²) in [5, 5.41) is 0. The number of hydrogen-bond acceptors (Lipinski definition) is 5. The standard InChI is InChI=1S/C20H20FN3O2/c1-19-8-2-5-16(19)20(11-25-18(22)24-20)14-10-12(6-7-15(14)26-19)13-4-3-9-23-17(13)21/h3-4,6-7,9-10,16H,2,5,8,11H2,1H3,(H2,22,24)/t16?,19?,20-/m1/s1. The number of nitrogens with zero attached hydrogens (tertiary/aromatic N) is 2. The Bertz CT molecular complexity index is 931. The highest BCUT2D eigenvalue weighted by atomic mass is 19.1. The van der Waals surface area contributed by atoms with Crippen LogP contribution in [0.4, 0.5) is 4.39 Å². The van der Waals surface area contributed by atoms with Gasteiger partial charge >= 0.3 is 0 Å². The molecule has 2 unspecified atom stereocenters. The van der Waals surface area contributed by atoms with Crippen LogP contribution in [0.5, 0.6) is 5.75 Å². The molecule has 5 rings (SSSR count). The summed E-state index contributed by atoms with van der Waals surface area (Å²) >= 11 is 0. The molecule has 1 spiro atoms. The van der Waals surface area contributed by atoms with E-state index in [4.69, 9.17) is 20.2 Å². The Morgan fingerprint density at radius 2 is 2.19 bits per heavy atom. The number of halogens is 1. The fourth-order valence-corrected chi connectivity index (χ4v) is 4.93. The van der Waals surface area contributed by atoms with Gasteiger partial charge < -0.3 is 15.2 Å². The molecule has 0 amide bonds. The van der Waals surface area contributed by atoms with Crippen molar-refractivity contribution < 1.29 is 13.9 Å². The number of pyridine rings is 1. The predicted molar refractivity (Wildman–Crippen MR) is 95.3 cm³/mol. The van der Waals surface area contributed by atoms with Gasteiger partial charge in [0.05, 0.1) is 0 Å². The Hall–Kier alpha value is -2.63. The van der Waals surface area contributed by atoms with Gasteiger partial charge in [-0.05, 0) is 56.0 Å². The zero-order valence-electron chi connectivity index (χ0n) is 14.5. The fraction of sp³-hybridized carbons (Fsp3) is 0.400. The number of aromatic nitrogens is 1. The van der Waals surface area contributed by atoms with Gasteiger partial charge in [0.2, 0.25) is 5.95 Å². The zero-order chi connectivity index (χ0) is 17.9. The van der Waals surface area contributed by atoms with Crippen LogP contribution < -0.4 is 10.5 Å². The normalized spacial score (nSPS) is 31.8. The molecule has 134 valence electrons. The Labute approximate surface area is 151 Å². The van der Waals surface area contributed by atoms with Crippen molar-refractivity contribution in [3.05, 3.63) is 48.0 Å². The van der Waals surface area contributed by atoms with Crippen molar-refractivity contribution in [3.63, 3.8) is 0 Å². The van der Waals surface area contributed by atoms with E-state index in [0.29, 0.717) is 12.2 Å². The second-order valence-corrected chi connectivity index (χ2v) is 7.58. The van der Waals surface area contributed by atoms with E-state index in [2.05, 4.69) is 11.9 Å². The summed E-state index contributed by atoms with van der Waals surface area (Å²) in [7, 11) is 0. The van der Waals surface area contributed by atoms with Gasteiger partial charge in [0.1, 0.15) is 23.5 Å². The fourth-order valence-electron chi connectivity index (χ4n) is 4.93. The number of amidine groups is 1. The number of hydrogen-bond donors (Lipinski definition) is 1. The number of nitrogens with two attached hydrogens (primary N) is 1. The maximum Gasteiger partial charge on any atom is 0.283 e. The van der Waals surface area contributed by atoms with E-state index in [-0.39, 0.29) is 17.5 Å². The van der Waals surface area contributed by atoms with Crippen LogP contribution in [0.3, 0.4) is 0 Å². The van der Waals surface area contributed by atoms with Gasteiger partial charge in [-0.25, -0.2) is 9.98 Å². The van der Waals surface area contributed by atoms with Gasteiger partial charge in [-0.2, -0.15) is 4.39 Å². The van der Waals surface area contributed by atoms with Crippen molar-refractivity contribution in [3.8, 4) is 16.9 Å². The first kappa shape index (κ1) is 15.6. The second-order valence-electron chi connectivity index (χ2n) is 7.58. The van der Waals surface area contributed by atoms with E-state index in [1.165, 1.54) is 6.20 Å². The van der Waals surface area contributed by atoms with Crippen LogP contribution in [-0.2, 0) is 10.3 Å². The van der Waals surface area contributed by atoms with Crippen LogP contribution >= 0.6 is 0 Å². The molecule has 3 aliphatic rings. The monoisotopic (exact) mass is 353 g/mol. The quantitative estimate of drug-likeness (QED) is 0.798. The number of ether oxygens (including phenoxy) is 2. The topological polar surface area (TPSA) is 69.7 Å². The van der Waals surface area contributed by atoms with Gasteiger partial charge in [0.25, 0.3) is 6.02 Å². The third-order valence-corrected chi connectivity index (χ3v) is 6.09. The van der Waals surface area contributed by atoms with Crippen LogP contribution in [-0.4, -0.2) is 23.2 Å². The van der Waals surface area contributed by atoms with Crippen LogP contribution in [0.25, 0.3) is 11.1 Å². The minimum atomic E-state index is -0.572. The van der Waals surface area contributed by atoms with E-state index in [1.54, 1.807) is 12.1 Å². The lowest BCUT2D eigenvalue weighted by Crippen LogP contribution is -2.52. The van der Waals surface area contributed by atoms with Crippen LogP contribution in [0.2, 0.25) is 0 Å². The van der Waals surface area contributed by atoms with Gasteiger partial charge in [0.15, 0.2) is 0 Å². The second kappa shape index (κ2) is 5.19. The molecule has 0 radical (unpaired) electrons. The van der Waals surface area contributed by atoms with Crippen molar-refractivity contribution >= 4 is 6.02 Å². The molecule has 26 heavy (non-hydrogen) atoms. The molecule has 2 aliphatic heterocycles. The van der Waals surface area contributed by atoms with Crippen molar-refractivity contribution in [2.24, 2.45) is 16.6 Å². The lowest BCUT2D eigenvalue weighted by molar-refractivity contribution is -0.0210. The zero-order valence-corrected chi connectivity index (χ0v) is 14.5. The molecule has 6 heteroatoms. The molecule has 0 bridgehead atoms. The minimum Gasteiger partial charge on any atom is -0.487 e. The minimum absolute atomic E-state index is 0.178. The maximum atomic E-state index is 14.2. The summed E-state index contributed by atoms with van der Waals surface area (Å²) in [5.41, 5.74) is 7.18. The number of fused-ring (bicyclic) bond motifs is 4. The Balaban J connectivity index is 1.72. The first-order valence-corrected chi connectivity index (χ1v) is 8.94. The first-order chi connectivity index (χ1) is 12.5. The van der Waals surface area contributed by atoms with E-state index >= 15 is 0 Å². The molecule has 0 saturated heterocycles. The highest BCUT2D eigenvalue weighted by Crippen LogP contribution is 2.58. The molecule has 3 heterocycles. The Morgan fingerprint density at radius 1 is 1.31 bits per heavy atom. The van der Waals surface area contributed by atoms with Crippen molar-refractivity contribution in [1.29, 1.82) is 0 Å². The molecular formula is C20H20FN3O2. The molecule has 1 fully saturated rings. The average Bonchev–Trinajstić information content (AvgIpc) is 3.20. The van der Waals surface area contributed by atoms with E-state index < -0.39 is 11.5 Å². The van der Waals surface area contributed by atoms with Crippen molar-refractivity contribution in [2.75, 3.05) is 6.61 Å². The number of rotatable bonds is 1. The molecule has 5 nitrogen and oxygen atoms in total. The highest BCUT2D eigenvalue weighted by Gasteiger charge is 2.60. The summed E-state index contributed by atoms with van der Waals surface area (Å²) in [5.74, 6) is 0.466. The largest absolute Gasteiger partial charge is 0.487 e. The van der Waals surface area contributed by atoms with E-state index in [9.17, 15) is 4.39 Å². The summed E-state index contributed by atoms with van der Waals surface area (Å²) in [6.45, 7) is 2.54. The molecule has 1 aromatic carbocycles. The van der Waals surface area contributed by atoms with E-state index in [0.717, 1.165) is 36.1 Å². The van der Waals surface area contributed by atoms with Gasteiger partial charge in [0, 0.05) is 23.2 Å². The molecule has 3 atom stereocenters. The summed E-state index contributed by atoms with van der Waals surface area (Å²) in [4.78, 5) is 8.51. The Kier molecular flexibility index (Phi) is 3.12. The summed E-state index contributed by atoms with van der Waals surface area (Å²) in [6, 6.07) is 9.40. The summed E-state index contributed by atoms with van der Waals surface area (Å²) < 4.78 is 26.2. The molecule has 1 aromatic heterocycles. The third kappa shape index (κ3) is 2.01. The Morgan fingerprint density at radius 3 is 2.96 bits per heavy atom. The number of aliphatic imine (C=N–C) groups is 1. The van der Waals surface area contributed by atoms with Gasteiger partial charge in [-0.3, -0.25) is 0 Å². The third-order valence-electron chi connectivity index (χ3n) is 6.09. The first-order valence-electron chi connectivity index (χ1n) is 8.94. The predicted octanol–water partition coefficient (Wildman–Crippen LogP) is 3.38. The van der Waals surface area contributed by atoms with Crippen molar-refractivity contribution in [1.82, 2.24) is 4.98 Å². The molecule has 2 N–H and O–H groups in total. The highest BCUT2D eigenvalue weighted by molar-refractivity contribution is 5.75. The van der Waals surface area contributed by atoms with Crippen LogP contribution in [0, 0.1) is 11.9 Å². The lowest BCUT2D eigenvalue weighted by Gasteiger charge is -2.47. The van der Waals surface area contributed by atoms with Gasteiger partial charge in [-0.1, -0.05) is 6.07 Å². The maximum absolute atomic E-state index is 14.2. The average molecular weight is 353 g/mol.